The van der Waals surface area contributed by atoms with Crippen LogP contribution in [0.1, 0.15) is 26.2 Å². The molecule has 1 aliphatic carbocycles. The lowest BCUT2D eigenvalue weighted by molar-refractivity contribution is -0.132. The van der Waals surface area contributed by atoms with Crippen LogP contribution in [0.25, 0.3) is 0 Å². The molecule has 0 aromatic heterocycles. The van der Waals surface area contributed by atoms with Crippen LogP contribution in [-0.4, -0.2) is 18.4 Å². The predicted molar refractivity (Wildman–Crippen MR) is 40.9 cm³/mol. The first-order valence-electron chi connectivity index (χ1n) is 4.18. The molecule has 0 saturated heterocycles. The topological polar surface area (TPSA) is 29.1 Å². The van der Waals surface area contributed by atoms with Gasteiger partial charge in [-0.05, 0) is 19.3 Å². The molecule has 4 heteroatoms. The molecule has 1 aliphatic rings. The molecule has 0 aliphatic heterocycles. The largest absolute Gasteiger partial charge is 0.349 e. The SMILES string of the molecule is CC(CC1CC1)NC(=O)C(F)F. The monoisotopic (exact) mass is 177 g/mol. The normalized spacial score (nSPS) is 19.3. The number of carbonyl (C=O) groups is 1. The van der Waals surface area contributed by atoms with Gasteiger partial charge in [-0.1, -0.05) is 12.8 Å². The van der Waals surface area contributed by atoms with Crippen molar-refractivity contribution in [2.24, 2.45) is 5.92 Å². The van der Waals surface area contributed by atoms with Crippen molar-refractivity contribution in [3.63, 3.8) is 0 Å². The van der Waals surface area contributed by atoms with Crippen LogP contribution in [0.15, 0.2) is 0 Å². The Hall–Kier alpha value is -0.670. The van der Waals surface area contributed by atoms with E-state index in [0.29, 0.717) is 5.92 Å². The summed E-state index contributed by atoms with van der Waals surface area (Å²) in [6.45, 7) is 1.76. The summed E-state index contributed by atoms with van der Waals surface area (Å²) in [4.78, 5) is 10.5. The second-order valence-corrected chi connectivity index (χ2v) is 3.39. The fourth-order valence-corrected chi connectivity index (χ4v) is 1.22. The van der Waals surface area contributed by atoms with Gasteiger partial charge in [-0.2, -0.15) is 8.78 Å². The van der Waals surface area contributed by atoms with Crippen LogP contribution in [0.2, 0.25) is 0 Å². The highest BCUT2D eigenvalue weighted by Gasteiger charge is 2.25. The third-order valence-corrected chi connectivity index (χ3v) is 1.97. The van der Waals surface area contributed by atoms with Gasteiger partial charge in [0.15, 0.2) is 0 Å². The summed E-state index contributed by atoms with van der Waals surface area (Å²) in [5, 5.41) is 2.26. The first-order chi connectivity index (χ1) is 5.59. The van der Waals surface area contributed by atoms with Crippen molar-refractivity contribution in [3.8, 4) is 0 Å². The van der Waals surface area contributed by atoms with Crippen molar-refractivity contribution < 1.29 is 13.6 Å². The smallest absolute Gasteiger partial charge is 0.315 e. The molecule has 0 aromatic rings. The number of rotatable bonds is 4. The lowest BCUT2D eigenvalue weighted by Gasteiger charge is -2.12. The van der Waals surface area contributed by atoms with Gasteiger partial charge in [0.2, 0.25) is 0 Å². The van der Waals surface area contributed by atoms with Crippen molar-refractivity contribution >= 4 is 5.91 Å². The molecular formula is C8H13F2NO. The van der Waals surface area contributed by atoms with Gasteiger partial charge in [-0.15, -0.1) is 0 Å². The van der Waals surface area contributed by atoms with Crippen molar-refractivity contribution in [1.82, 2.24) is 5.32 Å². The summed E-state index contributed by atoms with van der Waals surface area (Å²) in [6.07, 6.45) is 0.300. The van der Waals surface area contributed by atoms with E-state index in [2.05, 4.69) is 5.32 Å². The third-order valence-electron chi connectivity index (χ3n) is 1.97. The Labute approximate surface area is 70.3 Å². The number of hydrogen-bond acceptors (Lipinski definition) is 1. The van der Waals surface area contributed by atoms with Crippen molar-refractivity contribution in [1.29, 1.82) is 0 Å². The standard InChI is InChI=1S/C8H13F2NO/c1-5(4-6-2-3-6)11-8(12)7(9)10/h5-7H,2-4H2,1H3,(H,11,12). The van der Waals surface area contributed by atoms with Gasteiger partial charge in [0, 0.05) is 6.04 Å². The summed E-state index contributed by atoms with van der Waals surface area (Å²) in [5.41, 5.74) is 0. The van der Waals surface area contributed by atoms with Gasteiger partial charge in [-0.25, -0.2) is 0 Å². The van der Waals surface area contributed by atoms with Crippen LogP contribution in [0.5, 0.6) is 0 Å². The molecule has 1 unspecified atom stereocenters. The van der Waals surface area contributed by atoms with E-state index in [1.54, 1.807) is 6.92 Å². The van der Waals surface area contributed by atoms with Crippen LogP contribution in [0.4, 0.5) is 8.78 Å². The number of alkyl halides is 2. The molecule has 1 atom stereocenters. The van der Waals surface area contributed by atoms with Crippen molar-refractivity contribution in [2.75, 3.05) is 0 Å². The summed E-state index contributed by atoms with van der Waals surface area (Å²) in [7, 11) is 0. The molecule has 2 nitrogen and oxygen atoms in total. The molecule has 1 amide bonds. The molecule has 1 saturated carbocycles. The number of nitrogens with one attached hydrogen (secondary N) is 1. The fraction of sp³-hybridized carbons (Fsp3) is 0.875. The molecule has 0 aromatic carbocycles. The Balaban J connectivity index is 2.15. The Kier molecular flexibility index (Phi) is 3.00. The maximum atomic E-state index is 11.7. The van der Waals surface area contributed by atoms with Crippen LogP contribution in [0, 0.1) is 5.92 Å². The molecule has 0 radical (unpaired) electrons. The Bertz CT molecular complexity index is 168. The minimum absolute atomic E-state index is 0.112. The van der Waals surface area contributed by atoms with Gasteiger partial charge in [0.25, 0.3) is 5.91 Å². The zero-order valence-electron chi connectivity index (χ0n) is 7.02. The number of amides is 1. The van der Waals surface area contributed by atoms with Gasteiger partial charge in [0.1, 0.15) is 0 Å². The highest BCUT2D eigenvalue weighted by atomic mass is 19.3. The fourth-order valence-electron chi connectivity index (χ4n) is 1.22. The van der Waals surface area contributed by atoms with E-state index in [1.165, 1.54) is 12.8 Å². The summed E-state index contributed by atoms with van der Waals surface area (Å²) in [5.74, 6) is -0.499. The predicted octanol–water partition coefficient (Wildman–Crippen LogP) is 1.56. The molecule has 1 rings (SSSR count). The first kappa shape index (κ1) is 9.42. The van der Waals surface area contributed by atoms with E-state index in [4.69, 9.17) is 0 Å². The van der Waals surface area contributed by atoms with E-state index >= 15 is 0 Å². The molecule has 12 heavy (non-hydrogen) atoms. The Morgan fingerprint density at radius 3 is 2.58 bits per heavy atom. The average molecular weight is 177 g/mol. The molecule has 0 bridgehead atoms. The van der Waals surface area contributed by atoms with Crippen LogP contribution in [0.3, 0.4) is 0 Å². The van der Waals surface area contributed by atoms with Crippen LogP contribution < -0.4 is 5.32 Å². The first-order valence-corrected chi connectivity index (χ1v) is 4.18. The minimum Gasteiger partial charge on any atom is -0.349 e. The summed E-state index contributed by atoms with van der Waals surface area (Å²) in [6, 6.07) is -0.112. The van der Waals surface area contributed by atoms with Crippen molar-refractivity contribution in [2.45, 2.75) is 38.7 Å². The molecular weight excluding hydrogens is 164 g/mol. The molecule has 1 fully saturated rings. The van der Waals surface area contributed by atoms with E-state index in [9.17, 15) is 13.6 Å². The molecule has 70 valence electrons. The average Bonchev–Trinajstić information content (AvgIpc) is 2.71. The molecule has 0 heterocycles. The second-order valence-electron chi connectivity index (χ2n) is 3.39. The Morgan fingerprint density at radius 1 is 1.58 bits per heavy atom. The quantitative estimate of drug-likeness (QED) is 0.693. The van der Waals surface area contributed by atoms with E-state index in [-0.39, 0.29) is 6.04 Å². The molecule has 0 spiro atoms. The zero-order valence-corrected chi connectivity index (χ0v) is 7.02. The number of halogens is 2. The lowest BCUT2D eigenvalue weighted by Crippen LogP contribution is -2.36. The third kappa shape index (κ3) is 3.15. The van der Waals surface area contributed by atoms with Gasteiger partial charge in [-0.3, -0.25) is 4.79 Å². The van der Waals surface area contributed by atoms with Crippen LogP contribution in [-0.2, 0) is 4.79 Å². The van der Waals surface area contributed by atoms with Gasteiger partial charge >= 0.3 is 6.43 Å². The number of carbonyl (C=O) groups excluding carboxylic acids is 1. The maximum Gasteiger partial charge on any atom is 0.315 e. The highest BCUT2D eigenvalue weighted by molar-refractivity contribution is 5.79. The lowest BCUT2D eigenvalue weighted by atomic mass is 10.1. The maximum absolute atomic E-state index is 11.7. The zero-order chi connectivity index (χ0) is 9.14. The number of hydrogen-bond donors (Lipinski definition) is 1. The highest BCUT2D eigenvalue weighted by Crippen LogP contribution is 2.33. The van der Waals surface area contributed by atoms with E-state index in [1.807, 2.05) is 0 Å². The van der Waals surface area contributed by atoms with E-state index < -0.39 is 12.3 Å². The summed E-state index contributed by atoms with van der Waals surface area (Å²) >= 11 is 0. The van der Waals surface area contributed by atoms with Crippen molar-refractivity contribution in [3.05, 3.63) is 0 Å². The second kappa shape index (κ2) is 3.83. The summed E-state index contributed by atoms with van der Waals surface area (Å²) < 4.78 is 23.5. The van der Waals surface area contributed by atoms with E-state index in [0.717, 1.165) is 6.42 Å². The van der Waals surface area contributed by atoms with Crippen LogP contribution >= 0.6 is 0 Å². The Morgan fingerprint density at radius 2 is 2.17 bits per heavy atom. The minimum atomic E-state index is -2.88. The van der Waals surface area contributed by atoms with Gasteiger partial charge in [0.05, 0.1) is 0 Å². The van der Waals surface area contributed by atoms with Gasteiger partial charge < -0.3 is 5.32 Å². The molecule has 1 N–H and O–H groups in total.